The highest BCUT2D eigenvalue weighted by atomic mass is 16.6. The van der Waals surface area contributed by atoms with Gasteiger partial charge in [-0.15, -0.1) is 0 Å². The van der Waals surface area contributed by atoms with E-state index < -0.39 is 6.10 Å². The number of amides is 3. The smallest absolute Gasteiger partial charge is 0.267 e. The van der Waals surface area contributed by atoms with Crippen molar-refractivity contribution in [3.8, 4) is 11.5 Å². The molecule has 2 aliphatic heterocycles. The Morgan fingerprint density at radius 3 is 2.27 bits per heavy atom. The second-order valence-corrected chi connectivity index (χ2v) is 7.21. The number of nitrogens with zero attached hydrogens (tertiary/aromatic N) is 2. The molecule has 30 heavy (non-hydrogen) atoms. The minimum absolute atomic E-state index is 0.143. The van der Waals surface area contributed by atoms with Crippen molar-refractivity contribution < 1.29 is 23.9 Å². The molecule has 0 unspecified atom stereocenters. The van der Waals surface area contributed by atoms with Gasteiger partial charge in [-0.05, 0) is 24.3 Å². The van der Waals surface area contributed by atoms with Gasteiger partial charge >= 0.3 is 0 Å². The van der Waals surface area contributed by atoms with Crippen LogP contribution in [-0.2, 0) is 9.59 Å². The Bertz CT molecular complexity index is 969. The van der Waals surface area contributed by atoms with Gasteiger partial charge in [-0.1, -0.05) is 24.3 Å². The molecule has 0 aromatic heterocycles. The average Bonchev–Trinajstić information content (AvgIpc) is 2.78. The van der Waals surface area contributed by atoms with Gasteiger partial charge < -0.3 is 24.6 Å². The molecule has 1 fully saturated rings. The van der Waals surface area contributed by atoms with E-state index in [1.807, 2.05) is 12.1 Å². The fraction of sp³-hybridized carbons (Fsp3) is 0.318. The van der Waals surface area contributed by atoms with Crippen LogP contribution in [0.4, 0.5) is 5.69 Å². The quantitative estimate of drug-likeness (QED) is 0.835. The van der Waals surface area contributed by atoms with E-state index in [1.54, 1.807) is 46.2 Å². The van der Waals surface area contributed by atoms with Crippen LogP contribution in [0.25, 0.3) is 0 Å². The molecule has 0 bridgehead atoms. The molecular formula is C22H23N3O5. The monoisotopic (exact) mass is 409 g/mol. The number of nitrogens with one attached hydrogen (secondary N) is 1. The summed E-state index contributed by atoms with van der Waals surface area (Å²) in [6.45, 7) is 3.20. The van der Waals surface area contributed by atoms with Crippen LogP contribution in [0.3, 0.4) is 0 Å². The molecule has 1 atom stereocenters. The first kappa shape index (κ1) is 19.8. The molecule has 4 rings (SSSR count). The number of ether oxygens (including phenoxy) is 2. The molecule has 2 heterocycles. The molecule has 2 aromatic rings. The number of carbonyl (C=O) groups excluding carboxylic acids is 3. The number of hydrogen-bond donors (Lipinski definition) is 1. The SMILES string of the molecule is CC(=O)Nc1ccccc1C(=O)N1CCN(C(=O)[C@@H]2COc3ccccc3O2)CC1. The molecule has 1 saturated heterocycles. The van der Waals surface area contributed by atoms with E-state index in [9.17, 15) is 14.4 Å². The Balaban J connectivity index is 1.37. The number of anilines is 1. The van der Waals surface area contributed by atoms with Crippen molar-refractivity contribution in [2.24, 2.45) is 0 Å². The zero-order valence-corrected chi connectivity index (χ0v) is 16.7. The molecule has 3 amide bonds. The second kappa shape index (κ2) is 8.44. The molecule has 8 heteroatoms. The summed E-state index contributed by atoms with van der Waals surface area (Å²) in [5.41, 5.74) is 0.924. The second-order valence-electron chi connectivity index (χ2n) is 7.21. The van der Waals surface area contributed by atoms with E-state index in [4.69, 9.17) is 9.47 Å². The lowest BCUT2D eigenvalue weighted by molar-refractivity contribution is -0.142. The summed E-state index contributed by atoms with van der Waals surface area (Å²) in [7, 11) is 0. The van der Waals surface area contributed by atoms with Gasteiger partial charge in [0.1, 0.15) is 6.61 Å². The van der Waals surface area contributed by atoms with Crippen LogP contribution >= 0.6 is 0 Å². The molecule has 0 radical (unpaired) electrons. The predicted molar refractivity (Wildman–Crippen MR) is 110 cm³/mol. The van der Waals surface area contributed by atoms with Crippen LogP contribution in [0.5, 0.6) is 11.5 Å². The van der Waals surface area contributed by atoms with E-state index in [-0.39, 0.29) is 24.3 Å². The minimum Gasteiger partial charge on any atom is -0.485 e. The third kappa shape index (κ3) is 4.07. The van der Waals surface area contributed by atoms with Gasteiger partial charge in [-0.25, -0.2) is 0 Å². The van der Waals surface area contributed by atoms with E-state index in [2.05, 4.69) is 5.32 Å². The molecule has 156 valence electrons. The van der Waals surface area contributed by atoms with Gasteiger partial charge in [0.05, 0.1) is 11.3 Å². The largest absolute Gasteiger partial charge is 0.485 e. The number of carbonyl (C=O) groups is 3. The first-order chi connectivity index (χ1) is 14.5. The van der Waals surface area contributed by atoms with Crippen molar-refractivity contribution in [3.05, 3.63) is 54.1 Å². The summed E-state index contributed by atoms with van der Waals surface area (Å²) in [5.74, 6) is 0.648. The highest BCUT2D eigenvalue weighted by molar-refractivity contribution is 6.03. The number of benzene rings is 2. The van der Waals surface area contributed by atoms with Crippen molar-refractivity contribution in [3.63, 3.8) is 0 Å². The Hall–Kier alpha value is -3.55. The van der Waals surface area contributed by atoms with Crippen LogP contribution in [0.1, 0.15) is 17.3 Å². The first-order valence-electron chi connectivity index (χ1n) is 9.86. The first-order valence-corrected chi connectivity index (χ1v) is 9.86. The van der Waals surface area contributed by atoms with Crippen molar-refractivity contribution in [1.29, 1.82) is 0 Å². The van der Waals surface area contributed by atoms with Gasteiger partial charge in [0.25, 0.3) is 11.8 Å². The molecular weight excluding hydrogens is 386 g/mol. The van der Waals surface area contributed by atoms with E-state index in [0.29, 0.717) is 48.9 Å². The zero-order chi connectivity index (χ0) is 21.1. The Labute approximate surface area is 174 Å². The summed E-state index contributed by atoms with van der Waals surface area (Å²) >= 11 is 0. The number of para-hydroxylation sites is 3. The van der Waals surface area contributed by atoms with Crippen molar-refractivity contribution in [2.45, 2.75) is 13.0 Å². The molecule has 2 aliphatic rings. The van der Waals surface area contributed by atoms with Crippen molar-refractivity contribution in [1.82, 2.24) is 9.80 Å². The number of piperazine rings is 1. The number of hydrogen-bond acceptors (Lipinski definition) is 5. The fourth-order valence-corrected chi connectivity index (χ4v) is 3.61. The van der Waals surface area contributed by atoms with Gasteiger partial charge in [0.15, 0.2) is 11.5 Å². The predicted octanol–water partition coefficient (Wildman–Crippen LogP) is 1.77. The van der Waals surface area contributed by atoms with E-state index in [1.165, 1.54) is 6.92 Å². The van der Waals surface area contributed by atoms with Gasteiger partial charge in [-0.3, -0.25) is 14.4 Å². The minimum atomic E-state index is -0.692. The summed E-state index contributed by atoms with van der Waals surface area (Å²) < 4.78 is 11.4. The maximum absolute atomic E-state index is 12.9. The molecule has 1 N–H and O–H groups in total. The fourth-order valence-electron chi connectivity index (χ4n) is 3.61. The number of fused-ring (bicyclic) bond motifs is 1. The third-order valence-electron chi connectivity index (χ3n) is 5.13. The van der Waals surface area contributed by atoms with Gasteiger partial charge in [0, 0.05) is 33.1 Å². The van der Waals surface area contributed by atoms with Crippen LogP contribution in [0, 0.1) is 0 Å². The molecule has 0 spiro atoms. The maximum Gasteiger partial charge on any atom is 0.267 e. The normalized spacial score (nSPS) is 18.0. The highest BCUT2D eigenvalue weighted by Gasteiger charge is 2.33. The Morgan fingerprint density at radius 2 is 1.53 bits per heavy atom. The van der Waals surface area contributed by atoms with Crippen LogP contribution in [0.15, 0.2) is 48.5 Å². The van der Waals surface area contributed by atoms with Gasteiger partial charge in [0.2, 0.25) is 12.0 Å². The van der Waals surface area contributed by atoms with Gasteiger partial charge in [-0.2, -0.15) is 0 Å². The summed E-state index contributed by atoms with van der Waals surface area (Å²) in [4.78, 5) is 40.6. The summed E-state index contributed by atoms with van der Waals surface area (Å²) in [5, 5.41) is 2.69. The standard InChI is InChI=1S/C22H23N3O5/c1-15(26)23-17-7-3-2-6-16(17)21(27)24-10-12-25(13-11-24)22(28)20-14-29-18-8-4-5-9-19(18)30-20/h2-9,20H,10-14H2,1H3,(H,23,26)/t20-/m0/s1. The van der Waals surface area contributed by atoms with Crippen molar-refractivity contribution in [2.75, 3.05) is 38.1 Å². The lowest BCUT2D eigenvalue weighted by atomic mass is 10.1. The topological polar surface area (TPSA) is 88.2 Å². The highest BCUT2D eigenvalue weighted by Crippen LogP contribution is 2.31. The zero-order valence-electron chi connectivity index (χ0n) is 16.7. The van der Waals surface area contributed by atoms with Crippen LogP contribution in [-0.4, -0.2) is 66.4 Å². The Morgan fingerprint density at radius 1 is 0.900 bits per heavy atom. The van der Waals surface area contributed by atoms with Crippen molar-refractivity contribution >= 4 is 23.4 Å². The Kier molecular flexibility index (Phi) is 5.56. The average molecular weight is 409 g/mol. The van der Waals surface area contributed by atoms with Crippen LogP contribution < -0.4 is 14.8 Å². The maximum atomic E-state index is 12.9. The molecule has 8 nitrogen and oxygen atoms in total. The summed E-state index contributed by atoms with van der Waals surface area (Å²) in [6, 6.07) is 14.2. The van der Waals surface area contributed by atoms with E-state index >= 15 is 0 Å². The molecule has 2 aromatic carbocycles. The van der Waals surface area contributed by atoms with E-state index in [0.717, 1.165) is 0 Å². The van der Waals surface area contributed by atoms with Crippen LogP contribution in [0.2, 0.25) is 0 Å². The third-order valence-corrected chi connectivity index (χ3v) is 5.13. The molecule has 0 aliphatic carbocycles. The summed E-state index contributed by atoms with van der Waals surface area (Å²) in [6.07, 6.45) is -0.692. The lowest BCUT2D eigenvalue weighted by Gasteiger charge is -2.37. The lowest BCUT2D eigenvalue weighted by Crippen LogP contribution is -2.55. The number of rotatable bonds is 3. The molecule has 0 saturated carbocycles.